The largest absolute Gasteiger partial charge is 0.350 e. The predicted molar refractivity (Wildman–Crippen MR) is 84.8 cm³/mol. The van der Waals surface area contributed by atoms with Crippen molar-refractivity contribution in [2.24, 2.45) is 0 Å². The fourth-order valence-electron chi connectivity index (χ4n) is 1.96. The summed E-state index contributed by atoms with van der Waals surface area (Å²) in [6, 6.07) is 11.1. The van der Waals surface area contributed by atoms with Crippen LogP contribution >= 0.6 is 11.3 Å². The highest BCUT2D eigenvalue weighted by Gasteiger charge is 2.17. The third-order valence-electron chi connectivity index (χ3n) is 2.86. The zero-order chi connectivity index (χ0) is 15.3. The number of hydrogen-bond donors (Lipinski definition) is 1. The third-order valence-corrected chi connectivity index (χ3v) is 5.21. The zero-order valence-electron chi connectivity index (χ0n) is 11.7. The van der Waals surface area contributed by atoms with Crippen LogP contribution in [0.15, 0.2) is 41.8 Å². The van der Waals surface area contributed by atoms with E-state index >= 15 is 0 Å². The molecule has 1 aromatic heterocycles. The highest BCUT2D eigenvalue weighted by Crippen LogP contribution is 2.10. The van der Waals surface area contributed by atoms with Crippen LogP contribution in [0.25, 0.3) is 0 Å². The average molecular weight is 323 g/mol. The van der Waals surface area contributed by atoms with Gasteiger partial charge in [-0.3, -0.25) is 4.79 Å². The second kappa shape index (κ2) is 6.87. The molecule has 0 unspecified atom stereocenters. The molecule has 0 bridgehead atoms. The topological polar surface area (TPSA) is 63.2 Å². The molecule has 0 spiro atoms. The first-order valence-electron chi connectivity index (χ1n) is 6.50. The number of carbonyl (C=O) groups is 1. The molecule has 112 valence electrons. The summed E-state index contributed by atoms with van der Waals surface area (Å²) in [4.78, 5) is 12.7. The van der Waals surface area contributed by atoms with Crippen molar-refractivity contribution in [3.05, 3.63) is 57.8 Å². The van der Waals surface area contributed by atoms with Crippen LogP contribution in [0.1, 0.15) is 16.0 Å². The van der Waals surface area contributed by atoms with Crippen molar-refractivity contribution in [2.45, 2.75) is 19.2 Å². The maximum absolute atomic E-state index is 12.0. The van der Waals surface area contributed by atoms with Gasteiger partial charge in [0.1, 0.15) is 5.75 Å². The average Bonchev–Trinajstić information content (AvgIpc) is 2.88. The highest BCUT2D eigenvalue weighted by molar-refractivity contribution is 7.91. The number of nitrogens with one attached hydrogen (secondary N) is 1. The monoisotopic (exact) mass is 323 g/mol. The summed E-state index contributed by atoms with van der Waals surface area (Å²) < 4.78 is 24.0. The molecule has 0 saturated heterocycles. The van der Waals surface area contributed by atoms with Crippen molar-refractivity contribution in [3.63, 3.8) is 0 Å². The minimum Gasteiger partial charge on any atom is -0.350 e. The van der Waals surface area contributed by atoms with E-state index in [0.29, 0.717) is 12.1 Å². The Hall–Kier alpha value is -1.66. The van der Waals surface area contributed by atoms with Gasteiger partial charge >= 0.3 is 0 Å². The summed E-state index contributed by atoms with van der Waals surface area (Å²) >= 11 is 1.52. The van der Waals surface area contributed by atoms with Gasteiger partial charge < -0.3 is 5.32 Å². The number of carbonyl (C=O) groups excluding carboxylic acids is 1. The lowest BCUT2D eigenvalue weighted by Gasteiger charge is -2.06. The van der Waals surface area contributed by atoms with Gasteiger partial charge in [-0.25, -0.2) is 8.42 Å². The van der Waals surface area contributed by atoms with Crippen LogP contribution in [0.4, 0.5) is 0 Å². The Morgan fingerprint density at radius 3 is 2.71 bits per heavy atom. The Bertz CT molecular complexity index is 706. The number of benzene rings is 1. The van der Waals surface area contributed by atoms with E-state index in [2.05, 4.69) is 5.32 Å². The van der Waals surface area contributed by atoms with Gasteiger partial charge in [-0.1, -0.05) is 35.9 Å². The molecule has 0 aliphatic rings. The molecule has 0 saturated carbocycles. The summed E-state index contributed by atoms with van der Waals surface area (Å²) in [7, 11) is -3.45. The third kappa shape index (κ3) is 5.32. The van der Waals surface area contributed by atoms with Gasteiger partial charge in [0.15, 0.2) is 9.84 Å². The molecular formula is C15H17NO3S2. The van der Waals surface area contributed by atoms with E-state index in [0.717, 1.165) is 10.4 Å². The number of rotatable bonds is 6. The number of thiophene rings is 1. The van der Waals surface area contributed by atoms with E-state index in [1.807, 2.05) is 42.6 Å². The molecule has 0 fully saturated rings. The second-order valence-electron chi connectivity index (χ2n) is 4.88. The molecule has 1 amide bonds. The number of hydrogen-bond acceptors (Lipinski definition) is 4. The second-order valence-corrected chi connectivity index (χ2v) is 7.97. The van der Waals surface area contributed by atoms with Crippen molar-refractivity contribution >= 4 is 27.1 Å². The molecule has 1 aromatic carbocycles. The van der Waals surface area contributed by atoms with Crippen molar-refractivity contribution in [1.82, 2.24) is 5.32 Å². The van der Waals surface area contributed by atoms with Crippen LogP contribution < -0.4 is 5.32 Å². The lowest BCUT2D eigenvalue weighted by atomic mass is 10.2. The SMILES string of the molecule is Cc1cccc(CS(=O)(=O)CC(=O)NCc2cccs2)c1. The normalized spacial score (nSPS) is 11.3. The molecule has 21 heavy (non-hydrogen) atoms. The van der Waals surface area contributed by atoms with Crippen molar-refractivity contribution < 1.29 is 13.2 Å². The Labute approximate surface area is 128 Å². The van der Waals surface area contributed by atoms with Crippen LogP contribution in [0, 0.1) is 6.92 Å². The summed E-state index contributed by atoms with van der Waals surface area (Å²) in [5.41, 5.74) is 1.71. The van der Waals surface area contributed by atoms with Gasteiger partial charge in [0.25, 0.3) is 0 Å². The Morgan fingerprint density at radius 1 is 1.24 bits per heavy atom. The number of amides is 1. The molecule has 1 heterocycles. The zero-order valence-corrected chi connectivity index (χ0v) is 13.3. The smallest absolute Gasteiger partial charge is 0.235 e. The Kier molecular flexibility index (Phi) is 5.14. The van der Waals surface area contributed by atoms with Gasteiger partial charge in [-0.05, 0) is 23.9 Å². The molecule has 0 radical (unpaired) electrons. The Balaban J connectivity index is 1.89. The van der Waals surface area contributed by atoms with Crippen molar-refractivity contribution in [2.75, 3.05) is 5.75 Å². The maximum atomic E-state index is 12.0. The van der Waals surface area contributed by atoms with E-state index in [9.17, 15) is 13.2 Å². The van der Waals surface area contributed by atoms with Gasteiger partial charge in [0.05, 0.1) is 12.3 Å². The fraction of sp³-hybridized carbons (Fsp3) is 0.267. The van der Waals surface area contributed by atoms with E-state index in [1.54, 1.807) is 6.07 Å². The molecule has 2 rings (SSSR count). The van der Waals surface area contributed by atoms with Crippen molar-refractivity contribution in [1.29, 1.82) is 0 Å². The summed E-state index contributed by atoms with van der Waals surface area (Å²) in [6.45, 7) is 2.28. The molecule has 1 N–H and O–H groups in total. The predicted octanol–water partition coefficient (Wildman–Crippen LogP) is 2.29. The van der Waals surface area contributed by atoms with E-state index in [-0.39, 0.29) is 5.75 Å². The summed E-state index contributed by atoms with van der Waals surface area (Å²) in [5.74, 6) is -1.05. The van der Waals surface area contributed by atoms with Gasteiger partial charge in [0.2, 0.25) is 5.91 Å². The first-order valence-corrected chi connectivity index (χ1v) is 9.20. The van der Waals surface area contributed by atoms with Gasteiger partial charge in [-0.15, -0.1) is 11.3 Å². The van der Waals surface area contributed by atoms with Crippen LogP contribution in [0.2, 0.25) is 0 Å². The van der Waals surface area contributed by atoms with Crippen LogP contribution in [0.5, 0.6) is 0 Å². The van der Waals surface area contributed by atoms with Crippen LogP contribution in [0.3, 0.4) is 0 Å². The standard InChI is InChI=1S/C15H17NO3S2/c1-12-4-2-5-13(8-12)10-21(18,19)11-15(17)16-9-14-6-3-7-20-14/h2-8H,9-11H2,1H3,(H,16,17). The van der Waals surface area contributed by atoms with Gasteiger partial charge in [0, 0.05) is 4.88 Å². The molecule has 0 aliphatic heterocycles. The molecular weight excluding hydrogens is 306 g/mol. The van der Waals surface area contributed by atoms with Gasteiger partial charge in [-0.2, -0.15) is 0 Å². The minimum atomic E-state index is -3.45. The molecule has 6 heteroatoms. The molecule has 0 atom stereocenters. The van der Waals surface area contributed by atoms with Crippen LogP contribution in [-0.2, 0) is 26.9 Å². The van der Waals surface area contributed by atoms with E-state index < -0.39 is 21.5 Å². The van der Waals surface area contributed by atoms with Crippen LogP contribution in [-0.4, -0.2) is 20.1 Å². The molecule has 2 aromatic rings. The van der Waals surface area contributed by atoms with E-state index in [4.69, 9.17) is 0 Å². The van der Waals surface area contributed by atoms with E-state index in [1.165, 1.54) is 11.3 Å². The maximum Gasteiger partial charge on any atom is 0.235 e. The lowest BCUT2D eigenvalue weighted by molar-refractivity contribution is -0.118. The summed E-state index contributed by atoms with van der Waals surface area (Å²) in [6.07, 6.45) is 0. The first-order chi connectivity index (χ1) is 9.94. The Morgan fingerprint density at radius 2 is 2.05 bits per heavy atom. The molecule has 4 nitrogen and oxygen atoms in total. The number of sulfone groups is 1. The molecule has 0 aliphatic carbocycles. The fourth-order valence-corrected chi connectivity index (χ4v) is 3.89. The lowest BCUT2D eigenvalue weighted by Crippen LogP contribution is -2.30. The quantitative estimate of drug-likeness (QED) is 0.887. The highest BCUT2D eigenvalue weighted by atomic mass is 32.2. The van der Waals surface area contributed by atoms with Crippen molar-refractivity contribution in [3.8, 4) is 0 Å². The first kappa shape index (κ1) is 15.7. The summed E-state index contributed by atoms with van der Waals surface area (Å²) in [5, 5.41) is 4.54. The minimum absolute atomic E-state index is 0.110. The number of aryl methyl sites for hydroxylation is 1.